The van der Waals surface area contributed by atoms with Crippen LogP contribution in [-0.2, 0) is 0 Å². The van der Waals surface area contributed by atoms with Crippen molar-refractivity contribution in [2.24, 2.45) is 0 Å². The minimum Gasteiger partial charge on any atom is -0.317 e. The number of aromatic nitrogens is 3. The highest BCUT2D eigenvalue weighted by atomic mass is 16.6. The van der Waals surface area contributed by atoms with Gasteiger partial charge < -0.3 is 9.88 Å². The number of fused-ring (bicyclic) bond motifs is 2. The van der Waals surface area contributed by atoms with E-state index in [1.54, 1.807) is 18.2 Å². The van der Waals surface area contributed by atoms with Crippen molar-refractivity contribution in [2.75, 3.05) is 13.1 Å². The number of hydrogen-bond acceptors (Lipinski definition) is 5. The summed E-state index contributed by atoms with van der Waals surface area (Å²) in [6.45, 7) is 1.79. The SMILES string of the molecule is O=[N+]([O-])c1ccccc1-c1nc2c(-c3ccc4ccccc4c3)ccnc2n1C1CCNCC1. The van der Waals surface area contributed by atoms with E-state index in [4.69, 9.17) is 9.97 Å². The maximum Gasteiger partial charge on any atom is 0.280 e. The first-order chi connectivity index (χ1) is 16.7. The standard InChI is InChI=1S/C27H23N5O2/c33-32(34)24-8-4-3-7-23(24)26-30-25-22(20-10-9-18-5-1-2-6-19(18)17-20)13-16-29-27(25)31(26)21-11-14-28-15-12-21/h1-10,13,16-17,21,28H,11-12,14-15H2. The molecule has 168 valence electrons. The van der Waals surface area contributed by atoms with Gasteiger partial charge in [0.25, 0.3) is 5.69 Å². The van der Waals surface area contributed by atoms with Gasteiger partial charge >= 0.3 is 0 Å². The van der Waals surface area contributed by atoms with E-state index in [1.165, 1.54) is 5.39 Å². The van der Waals surface area contributed by atoms with Gasteiger partial charge in [-0.15, -0.1) is 0 Å². The fourth-order valence-corrected chi connectivity index (χ4v) is 5.00. The van der Waals surface area contributed by atoms with Crippen LogP contribution in [0, 0.1) is 10.1 Å². The molecule has 1 N–H and O–H groups in total. The highest BCUT2D eigenvalue weighted by molar-refractivity contribution is 5.96. The summed E-state index contributed by atoms with van der Waals surface area (Å²) in [6, 6.07) is 23.6. The van der Waals surface area contributed by atoms with Crippen LogP contribution >= 0.6 is 0 Å². The Morgan fingerprint density at radius 1 is 0.912 bits per heavy atom. The molecule has 0 bridgehead atoms. The third-order valence-corrected chi connectivity index (χ3v) is 6.65. The molecule has 1 fully saturated rings. The second-order valence-corrected chi connectivity index (χ2v) is 8.65. The van der Waals surface area contributed by atoms with Crippen molar-refractivity contribution in [3.8, 4) is 22.5 Å². The van der Waals surface area contributed by atoms with Gasteiger partial charge in [0.05, 0.1) is 10.5 Å². The van der Waals surface area contributed by atoms with E-state index in [-0.39, 0.29) is 16.7 Å². The lowest BCUT2D eigenvalue weighted by Crippen LogP contribution is -2.29. The molecule has 0 amide bonds. The minimum atomic E-state index is -0.334. The number of piperidine rings is 1. The third-order valence-electron chi connectivity index (χ3n) is 6.65. The second-order valence-electron chi connectivity index (χ2n) is 8.65. The van der Waals surface area contributed by atoms with Crippen molar-refractivity contribution in [2.45, 2.75) is 18.9 Å². The molecular formula is C27H23N5O2. The summed E-state index contributed by atoms with van der Waals surface area (Å²) in [6.07, 6.45) is 3.65. The van der Waals surface area contributed by atoms with Crippen LogP contribution in [0.1, 0.15) is 18.9 Å². The monoisotopic (exact) mass is 449 g/mol. The van der Waals surface area contributed by atoms with Crippen LogP contribution in [0.3, 0.4) is 0 Å². The molecular weight excluding hydrogens is 426 g/mol. The van der Waals surface area contributed by atoms with Crippen molar-refractivity contribution < 1.29 is 4.92 Å². The first-order valence-electron chi connectivity index (χ1n) is 11.5. The van der Waals surface area contributed by atoms with Crippen LogP contribution in [-0.4, -0.2) is 32.5 Å². The van der Waals surface area contributed by atoms with Gasteiger partial charge in [0, 0.05) is 23.9 Å². The lowest BCUT2D eigenvalue weighted by molar-refractivity contribution is -0.384. The van der Waals surface area contributed by atoms with Crippen LogP contribution in [0.2, 0.25) is 0 Å². The number of imidazole rings is 1. The fraction of sp³-hybridized carbons (Fsp3) is 0.185. The van der Waals surface area contributed by atoms with Crippen LogP contribution in [0.5, 0.6) is 0 Å². The van der Waals surface area contributed by atoms with Crippen LogP contribution < -0.4 is 5.32 Å². The molecule has 0 spiro atoms. The molecule has 1 saturated heterocycles. The molecule has 1 aliphatic rings. The summed E-state index contributed by atoms with van der Waals surface area (Å²) in [5.74, 6) is 0.606. The van der Waals surface area contributed by atoms with E-state index in [9.17, 15) is 10.1 Å². The van der Waals surface area contributed by atoms with Crippen LogP contribution in [0.25, 0.3) is 44.5 Å². The molecule has 0 unspecified atom stereocenters. The van der Waals surface area contributed by atoms with E-state index < -0.39 is 0 Å². The second kappa shape index (κ2) is 8.35. The molecule has 2 aromatic heterocycles. The lowest BCUT2D eigenvalue weighted by Gasteiger charge is -2.25. The summed E-state index contributed by atoms with van der Waals surface area (Å²) in [5.41, 5.74) is 4.14. The normalized spacial score (nSPS) is 14.6. The summed E-state index contributed by atoms with van der Waals surface area (Å²) in [5, 5.41) is 17.6. The first-order valence-corrected chi connectivity index (χ1v) is 11.5. The van der Waals surface area contributed by atoms with Gasteiger partial charge in [-0.25, -0.2) is 9.97 Å². The predicted molar refractivity (Wildman–Crippen MR) is 134 cm³/mol. The summed E-state index contributed by atoms with van der Waals surface area (Å²) >= 11 is 0. The van der Waals surface area contributed by atoms with Crippen molar-refractivity contribution in [1.82, 2.24) is 19.9 Å². The maximum absolute atomic E-state index is 11.9. The fourth-order valence-electron chi connectivity index (χ4n) is 5.00. The van der Waals surface area contributed by atoms with E-state index >= 15 is 0 Å². The molecule has 3 heterocycles. The Morgan fingerprint density at radius 2 is 1.68 bits per heavy atom. The number of para-hydroxylation sites is 1. The van der Waals surface area contributed by atoms with E-state index in [1.807, 2.05) is 30.5 Å². The van der Waals surface area contributed by atoms with Crippen LogP contribution in [0.4, 0.5) is 5.69 Å². The molecule has 34 heavy (non-hydrogen) atoms. The third kappa shape index (κ3) is 3.41. The summed E-state index contributed by atoms with van der Waals surface area (Å²) in [4.78, 5) is 21.3. The number of pyridine rings is 1. The highest BCUT2D eigenvalue weighted by Crippen LogP contribution is 2.38. The van der Waals surface area contributed by atoms with Gasteiger partial charge in [-0.3, -0.25) is 10.1 Å². The zero-order chi connectivity index (χ0) is 23.1. The molecule has 0 saturated carbocycles. The zero-order valence-electron chi connectivity index (χ0n) is 18.5. The largest absolute Gasteiger partial charge is 0.317 e. The molecule has 1 aliphatic heterocycles. The average molecular weight is 450 g/mol. The highest BCUT2D eigenvalue weighted by Gasteiger charge is 2.27. The van der Waals surface area contributed by atoms with Crippen molar-refractivity contribution in [3.05, 3.63) is 89.1 Å². The van der Waals surface area contributed by atoms with Gasteiger partial charge in [0.15, 0.2) is 5.65 Å². The summed E-state index contributed by atoms with van der Waals surface area (Å²) < 4.78 is 2.13. The maximum atomic E-state index is 11.9. The van der Waals surface area contributed by atoms with Gasteiger partial charge in [-0.05, 0) is 60.5 Å². The molecule has 0 aliphatic carbocycles. The average Bonchev–Trinajstić information content (AvgIpc) is 3.28. The van der Waals surface area contributed by atoms with Gasteiger partial charge in [0.2, 0.25) is 0 Å². The molecule has 6 rings (SSSR count). The van der Waals surface area contributed by atoms with Crippen molar-refractivity contribution in [1.29, 1.82) is 0 Å². The number of nitrogens with one attached hydrogen (secondary N) is 1. The van der Waals surface area contributed by atoms with Gasteiger partial charge in [-0.2, -0.15) is 0 Å². The predicted octanol–water partition coefficient (Wildman–Crippen LogP) is 5.75. The van der Waals surface area contributed by atoms with Crippen LogP contribution in [0.15, 0.2) is 79.0 Å². The Morgan fingerprint density at radius 3 is 2.50 bits per heavy atom. The van der Waals surface area contributed by atoms with Gasteiger partial charge in [0.1, 0.15) is 11.3 Å². The number of hydrogen-bond donors (Lipinski definition) is 1. The Hall–Kier alpha value is -4.10. The first kappa shape index (κ1) is 20.5. The summed E-state index contributed by atoms with van der Waals surface area (Å²) in [7, 11) is 0. The Labute approximate surface area is 196 Å². The molecule has 3 aromatic carbocycles. The number of nitrogens with zero attached hydrogens (tertiary/aromatic N) is 4. The zero-order valence-corrected chi connectivity index (χ0v) is 18.5. The number of nitro benzene ring substituents is 1. The Bertz CT molecular complexity index is 1540. The van der Waals surface area contributed by atoms with E-state index in [0.29, 0.717) is 11.4 Å². The molecule has 5 aromatic rings. The van der Waals surface area contributed by atoms with Crippen molar-refractivity contribution in [3.63, 3.8) is 0 Å². The smallest absolute Gasteiger partial charge is 0.280 e. The molecule has 0 radical (unpaired) electrons. The number of rotatable bonds is 4. The molecule has 7 nitrogen and oxygen atoms in total. The van der Waals surface area contributed by atoms with Gasteiger partial charge in [-0.1, -0.05) is 48.5 Å². The van der Waals surface area contributed by atoms with E-state index in [0.717, 1.165) is 53.6 Å². The Kier molecular flexibility index (Phi) is 5.04. The Balaban J connectivity index is 1.62. The lowest BCUT2D eigenvalue weighted by atomic mass is 10.0. The topological polar surface area (TPSA) is 85.9 Å². The minimum absolute atomic E-state index is 0.0558. The van der Waals surface area contributed by atoms with E-state index in [2.05, 4.69) is 40.2 Å². The number of benzene rings is 3. The quantitative estimate of drug-likeness (QED) is 0.279. The molecule has 7 heteroatoms. The van der Waals surface area contributed by atoms with Crippen molar-refractivity contribution >= 4 is 27.6 Å². The molecule has 0 atom stereocenters. The number of nitro groups is 1.